The number of phenols is 1. The van der Waals surface area contributed by atoms with Gasteiger partial charge in [0.1, 0.15) is 5.75 Å². The Kier molecular flexibility index (Phi) is 6.57. The standard InChI is InChI=1S/C20H24N2O3/c1-14(2)18(12-15-6-4-3-5-7-15)20(25)21-13-19(24)22-16-8-10-17(23)11-9-16/h3-11,14,18,23H,12-13H2,1-2H3,(H,21,25)(H,22,24)/t18-/m1/s1. The molecule has 0 spiro atoms. The van der Waals surface area contributed by atoms with Gasteiger partial charge in [-0.25, -0.2) is 0 Å². The van der Waals surface area contributed by atoms with Crippen molar-refractivity contribution in [2.24, 2.45) is 11.8 Å². The van der Waals surface area contributed by atoms with Crippen LogP contribution in [0.4, 0.5) is 5.69 Å². The van der Waals surface area contributed by atoms with E-state index >= 15 is 0 Å². The average molecular weight is 340 g/mol. The summed E-state index contributed by atoms with van der Waals surface area (Å²) in [7, 11) is 0. The van der Waals surface area contributed by atoms with Gasteiger partial charge in [0.15, 0.2) is 0 Å². The Labute approximate surface area is 148 Å². The Hall–Kier alpha value is -2.82. The molecule has 25 heavy (non-hydrogen) atoms. The molecule has 3 N–H and O–H groups in total. The van der Waals surface area contributed by atoms with Crippen LogP contribution >= 0.6 is 0 Å². The maximum absolute atomic E-state index is 12.5. The Morgan fingerprint density at radius 3 is 2.24 bits per heavy atom. The summed E-state index contributed by atoms with van der Waals surface area (Å²) in [6.07, 6.45) is 0.643. The van der Waals surface area contributed by atoms with Gasteiger partial charge in [0.05, 0.1) is 6.54 Å². The smallest absolute Gasteiger partial charge is 0.243 e. The van der Waals surface area contributed by atoms with Gasteiger partial charge in [-0.3, -0.25) is 9.59 Å². The van der Waals surface area contributed by atoms with Gasteiger partial charge in [0.2, 0.25) is 11.8 Å². The number of amides is 2. The number of carbonyl (C=O) groups excluding carboxylic acids is 2. The van der Waals surface area contributed by atoms with E-state index in [1.165, 1.54) is 12.1 Å². The second-order valence-corrected chi connectivity index (χ2v) is 6.35. The number of benzene rings is 2. The molecule has 2 rings (SSSR count). The van der Waals surface area contributed by atoms with E-state index in [9.17, 15) is 14.7 Å². The van der Waals surface area contributed by atoms with Crippen LogP contribution in [0.15, 0.2) is 54.6 Å². The Morgan fingerprint density at radius 2 is 1.64 bits per heavy atom. The van der Waals surface area contributed by atoms with E-state index < -0.39 is 0 Å². The van der Waals surface area contributed by atoms with Crippen molar-refractivity contribution in [3.05, 3.63) is 60.2 Å². The highest BCUT2D eigenvalue weighted by Gasteiger charge is 2.22. The Bertz CT molecular complexity index is 697. The molecule has 5 nitrogen and oxygen atoms in total. The van der Waals surface area contributed by atoms with Crippen molar-refractivity contribution in [1.82, 2.24) is 5.32 Å². The van der Waals surface area contributed by atoms with Gasteiger partial charge in [-0.2, -0.15) is 0 Å². The van der Waals surface area contributed by atoms with E-state index in [4.69, 9.17) is 0 Å². The molecule has 0 bridgehead atoms. The molecule has 0 saturated carbocycles. The lowest BCUT2D eigenvalue weighted by molar-refractivity contribution is -0.128. The monoisotopic (exact) mass is 340 g/mol. The predicted octanol–water partition coefficient (Wildman–Crippen LogP) is 2.96. The van der Waals surface area contributed by atoms with Crippen LogP contribution in [-0.4, -0.2) is 23.5 Å². The van der Waals surface area contributed by atoms with Crippen LogP contribution in [0.1, 0.15) is 19.4 Å². The zero-order valence-corrected chi connectivity index (χ0v) is 14.5. The molecule has 0 aromatic heterocycles. The van der Waals surface area contributed by atoms with Crippen molar-refractivity contribution in [1.29, 1.82) is 0 Å². The first-order valence-electron chi connectivity index (χ1n) is 8.36. The summed E-state index contributed by atoms with van der Waals surface area (Å²) in [4.78, 5) is 24.4. The zero-order chi connectivity index (χ0) is 18.2. The summed E-state index contributed by atoms with van der Waals surface area (Å²) in [5, 5.41) is 14.6. The number of carbonyl (C=O) groups is 2. The maximum atomic E-state index is 12.5. The molecule has 1 atom stereocenters. The number of anilines is 1. The second kappa shape index (κ2) is 8.87. The lowest BCUT2D eigenvalue weighted by atomic mass is 9.88. The van der Waals surface area contributed by atoms with Gasteiger partial charge in [-0.15, -0.1) is 0 Å². The summed E-state index contributed by atoms with van der Waals surface area (Å²) < 4.78 is 0. The topological polar surface area (TPSA) is 78.4 Å². The van der Waals surface area contributed by atoms with E-state index in [2.05, 4.69) is 10.6 Å². The number of rotatable bonds is 7. The molecule has 0 aliphatic carbocycles. The van der Waals surface area contributed by atoms with E-state index in [1.807, 2.05) is 44.2 Å². The summed E-state index contributed by atoms with van der Waals surface area (Å²) in [5.41, 5.74) is 1.67. The maximum Gasteiger partial charge on any atom is 0.243 e. The van der Waals surface area contributed by atoms with E-state index in [0.29, 0.717) is 12.1 Å². The van der Waals surface area contributed by atoms with Gasteiger partial charge < -0.3 is 15.7 Å². The van der Waals surface area contributed by atoms with Crippen molar-refractivity contribution in [3.63, 3.8) is 0 Å². The summed E-state index contributed by atoms with van der Waals surface area (Å²) in [5.74, 6) is -0.322. The molecule has 0 aliphatic heterocycles. The Morgan fingerprint density at radius 1 is 1.00 bits per heavy atom. The first kappa shape index (κ1) is 18.5. The number of nitrogens with one attached hydrogen (secondary N) is 2. The minimum Gasteiger partial charge on any atom is -0.508 e. The molecular weight excluding hydrogens is 316 g/mol. The van der Waals surface area contributed by atoms with Crippen LogP contribution in [-0.2, 0) is 16.0 Å². The molecule has 132 valence electrons. The molecule has 0 heterocycles. The van der Waals surface area contributed by atoms with E-state index in [1.54, 1.807) is 12.1 Å². The van der Waals surface area contributed by atoms with Crippen molar-refractivity contribution in [3.8, 4) is 5.75 Å². The molecule has 2 amide bonds. The van der Waals surface area contributed by atoms with Crippen molar-refractivity contribution >= 4 is 17.5 Å². The first-order chi connectivity index (χ1) is 12.0. The normalized spacial score (nSPS) is 11.8. The SMILES string of the molecule is CC(C)[C@@H](Cc1ccccc1)C(=O)NCC(=O)Nc1ccc(O)cc1. The lowest BCUT2D eigenvalue weighted by Gasteiger charge is -2.20. The van der Waals surface area contributed by atoms with E-state index in [0.717, 1.165) is 5.56 Å². The number of hydrogen-bond donors (Lipinski definition) is 3. The average Bonchev–Trinajstić information content (AvgIpc) is 2.60. The van der Waals surface area contributed by atoms with Gasteiger partial charge in [-0.1, -0.05) is 44.2 Å². The van der Waals surface area contributed by atoms with Gasteiger partial charge >= 0.3 is 0 Å². The quantitative estimate of drug-likeness (QED) is 0.678. The third kappa shape index (κ3) is 5.95. The van der Waals surface area contributed by atoms with Crippen LogP contribution < -0.4 is 10.6 Å². The molecule has 0 radical (unpaired) electrons. The predicted molar refractivity (Wildman–Crippen MR) is 98.2 cm³/mol. The molecule has 0 unspecified atom stereocenters. The molecule has 2 aromatic carbocycles. The van der Waals surface area contributed by atoms with E-state index in [-0.39, 0.29) is 35.9 Å². The van der Waals surface area contributed by atoms with Crippen LogP contribution in [0.3, 0.4) is 0 Å². The van der Waals surface area contributed by atoms with Crippen LogP contribution in [0.5, 0.6) is 5.75 Å². The summed E-state index contributed by atoms with van der Waals surface area (Å²) >= 11 is 0. The highest BCUT2D eigenvalue weighted by molar-refractivity contribution is 5.94. The molecular formula is C20H24N2O3. The Balaban J connectivity index is 1.87. The largest absolute Gasteiger partial charge is 0.508 e. The highest BCUT2D eigenvalue weighted by atomic mass is 16.3. The molecule has 0 aliphatic rings. The van der Waals surface area contributed by atoms with Crippen molar-refractivity contribution in [2.45, 2.75) is 20.3 Å². The third-order valence-electron chi connectivity index (χ3n) is 4.01. The third-order valence-corrected chi connectivity index (χ3v) is 4.01. The first-order valence-corrected chi connectivity index (χ1v) is 8.36. The summed E-state index contributed by atoms with van der Waals surface area (Å²) in [6, 6.07) is 16.0. The lowest BCUT2D eigenvalue weighted by Crippen LogP contribution is -2.39. The minimum atomic E-state index is -0.304. The fourth-order valence-corrected chi connectivity index (χ4v) is 2.55. The van der Waals surface area contributed by atoms with Crippen molar-refractivity contribution in [2.75, 3.05) is 11.9 Å². The van der Waals surface area contributed by atoms with Crippen LogP contribution in [0.2, 0.25) is 0 Å². The number of phenolic OH excluding ortho intramolecular Hbond substituents is 1. The van der Waals surface area contributed by atoms with Gasteiger partial charge in [0.25, 0.3) is 0 Å². The number of hydrogen-bond acceptors (Lipinski definition) is 3. The second-order valence-electron chi connectivity index (χ2n) is 6.35. The molecule has 0 saturated heterocycles. The molecule has 5 heteroatoms. The van der Waals surface area contributed by atoms with Gasteiger partial charge in [-0.05, 0) is 42.2 Å². The highest BCUT2D eigenvalue weighted by Crippen LogP contribution is 2.17. The molecule has 0 fully saturated rings. The zero-order valence-electron chi connectivity index (χ0n) is 14.5. The molecule has 2 aromatic rings. The van der Waals surface area contributed by atoms with Gasteiger partial charge in [0, 0.05) is 11.6 Å². The van der Waals surface area contributed by atoms with Crippen LogP contribution in [0, 0.1) is 11.8 Å². The fraction of sp³-hybridized carbons (Fsp3) is 0.300. The van der Waals surface area contributed by atoms with Crippen molar-refractivity contribution < 1.29 is 14.7 Å². The van der Waals surface area contributed by atoms with Crippen LogP contribution in [0.25, 0.3) is 0 Å². The number of aromatic hydroxyl groups is 1. The summed E-state index contributed by atoms with van der Waals surface area (Å²) in [6.45, 7) is 3.92. The fourth-order valence-electron chi connectivity index (χ4n) is 2.55. The minimum absolute atomic E-state index is 0.0856.